The maximum Gasteiger partial charge on any atom is 0.273 e. The summed E-state index contributed by atoms with van der Waals surface area (Å²) in [5.41, 5.74) is 2.47. The lowest BCUT2D eigenvalue weighted by atomic mass is 9.82. The third-order valence-corrected chi connectivity index (χ3v) is 7.76. The Labute approximate surface area is 154 Å². The highest BCUT2D eigenvalue weighted by Crippen LogP contribution is 2.36. The Balaban J connectivity index is 1.88. The fraction of sp³-hybridized carbons (Fsp3) is 0.500. The largest absolute Gasteiger partial charge is 0.370 e. The molecule has 0 unspecified atom stereocenters. The number of aryl methyl sites for hydroxylation is 2. The molecule has 0 saturated carbocycles. The number of rotatable bonds is 4. The summed E-state index contributed by atoms with van der Waals surface area (Å²) in [5.74, 6) is 0. The van der Waals surface area contributed by atoms with Crippen molar-refractivity contribution >= 4 is 32.7 Å². The van der Waals surface area contributed by atoms with Crippen molar-refractivity contribution < 1.29 is 8.42 Å². The minimum Gasteiger partial charge on any atom is -0.370 e. The van der Waals surface area contributed by atoms with Crippen molar-refractivity contribution in [2.75, 3.05) is 22.7 Å². The predicted molar refractivity (Wildman–Crippen MR) is 104 cm³/mol. The van der Waals surface area contributed by atoms with Crippen LogP contribution in [0.1, 0.15) is 37.4 Å². The summed E-state index contributed by atoms with van der Waals surface area (Å²) in [6, 6.07) is 7.63. The van der Waals surface area contributed by atoms with Gasteiger partial charge in [-0.1, -0.05) is 26.0 Å². The molecule has 0 amide bonds. The molecule has 25 heavy (non-hydrogen) atoms. The van der Waals surface area contributed by atoms with Gasteiger partial charge >= 0.3 is 0 Å². The van der Waals surface area contributed by atoms with Gasteiger partial charge < -0.3 is 4.90 Å². The second kappa shape index (κ2) is 6.61. The van der Waals surface area contributed by atoms with Crippen LogP contribution in [-0.4, -0.2) is 26.5 Å². The Kier molecular flexibility index (Phi) is 4.81. The number of aromatic nitrogens is 1. The third kappa shape index (κ3) is 3.98. The van der Waals surface area contributed by atoms with Crippen molar-refractivity contribution in [3.63, 3.8) is 0 Å². The van der Waals surface area contributed by atoms with Crippen molar-refractivity contribution in [1.82, 2.24) is 4.98 Å². The Morgan fingerprint density at radius 3 is 2.40 bits per heavy atom. The number of thiazole rings is 1. The van der Waals surface area contributed by atoms with E-state index >= 15 is 0 Å². The van der Waals surface area contributed by atoms with Gasteiger partial charge in [0.2, 0.25) is 0 Å². The molecule has 1 aromatic heterocycles. The van der Waals surface area contributed by atoms with E-state index in [1.165, 1.54) is 11.3 Å². The normalized spacial score (nSPS) is 17.5. The monoisotopic (exact) mass is 379 g/mol. The summed E-state index contributed by atoms with van der Waals surface area (Å²) >= 11 is 1.21. The summed E-state index contributed by atoms with van der Waals surface area (Å²) in [7, 11) is -3.63. The van der Waals surface area contributed by atoms with Gasteiger partial charge in [-0.05, 0) is 44.2 Å². The lowest BCUT2D eigenvalue weighted by Gasteiger charge is -2.38. The molecule has 7 heteroatoms. The maximum atomic E-state index is 12.8. The summed E-state index contributed by atoms with van der Waals surface area (Å²) in [6.07, 6.45) is 2.20. The van der Waals surface area contributed by atoms with Gasteiger partial charge in [-0.15, -0.1) is 11.3 Å². The van der Waals surface area contributed by atoms with Gasteiger partial charge in [0.05, 0.1) is 22.1 Å². The minimum atomic E-state index is -3.63. The molecule has 0 aliphatic carbocycles. The SMILES string of the molecule is Cc1nc(C)c(S(=O)(=O)Nc2ccccc2N2CCC(C)(C)CC2)s1. The molecule has 5 nitrogen and oxygen atoms in total. The van der Waals surface area contributed by atoms with E-state index in [1.54, 1.807) is 6.92 Å². The molecule has 1 aliphatic rings. The zero-order valence-corrected chi connectivity index (χ0v) is 16.8. The molecular formula is C18H25N3O2S2. The Bertz CT molecular complexity index is 862. The standard InChI is InChI=1S/C18H25N3O2S2/c1-13-17(24-14(2)19-13)25(22,23)20-15-7-5-6-8-16(15)21-11-9-18(3,4)10-12-21/h5-8,20H,9-12H2,1-4H3. The van der Waals surface area contributed by atoms with Gasteiger partial charge in [0.1, 0.15) is 0 Å². The van der Waals surface area contributed by atoms with Gasteiger partial charge in [-0.25, -0.2) is 13.4 Å². The molecule has 0 spiro atoms. The van der Waals surface area contributed by atoms with Crippen LogP contribution >= 0.6 is 11.3 Å². The Morgan fingerprint density at radius 1 is 1.16 bits per heavy atom. The van der Waals surface area contributed by atoms with Crippen molar-refractivity contribution in [2.45, 2.75) is 44.7 Å². The van der Waals surface area contributed by atoms with Crippen molar-refractivity contribution in [3.05, 3.63) is 35.0 Å². The molecule has 1 saturated heterocycles. The zero-order valence-electron chi connectivity index (χ0n) is 15.2. The summed E-state index contributed by atoms with van der Waals surface area (Å²) in [5, 5.41) is 0.754. The van der Waals surface area contributed by atoms with Crippen molar-refractivity contribution in [1.29, 1.82) is 0 Å². The van der Waals surface area contributed by atoms with Gasteiger partial charge in [0.15, 0.2) is 4.21 Å². The van der Waals surface area contributed by atoms with E-state index in [0.29, 0.717) is 21.0 Å². The quantitative estimate of drug-likeness (QED) is 0.865. The third-order valence-electron chi connectivity index (χ3n) is 4.71. The van der Waals surface area contributed by atoms with Gasteiger partial charge in [-0.3, -0.25) is 4.72 Å². The number of hydrogen-bond acceptors (Lipinski definition) is 5. The molecule has 0 radical (unpaired) electrons. The number of anilines is 2. The van der Waals surface area contributed by atoms with E-state index in [4.69, 9.17) is 0 Å². The molecule has 1 aliphatic heterocycles. The minimum absolute atomic E-state index is 0.291. The Morgan fingerprint density at radius 2 is 1.80 bits per heavy atom. The van der Waals surface area contributed by atoms with Crippen LogP contribution < -0.4 is 9.62 Å². The number of nitrogens with one attached hydrogen (secondary N) is 1. The molecule has 2 aromatic rings. The number of sulfonamides is 1. The van der Waals surface area contributed by atoms with E-state index in [2.05, 4.69) is 28.5 Å². The molecule has 3 rings (SSSR count). The summed E-state index contributed by atoms with van der Waals surface area (Å²) in [4.78, 5) is 6.51. The van der Waals surface area contributed by atoms with Crippen LogP contribution in [0, 0.1) is 19.3 Å². The lowest BCUT2D eigenvalue weighted by Crippen LogP contribution is -2.37. The molecule has 0 atom stereocenters. The molecule has 1 fully saturated rings. The average Bonchev–Trinajstić information content (AvgIpc) is 2.87. The number of para-hydroxylation sites is 2. The molecule has 0 bridgehead atoms. The first-order valence-corrected chi connectivity index (χ1v) is 10.8. The van der Waals surface area contributed by atoms with E-state index in [9.17, 15) is 8.42 Å². The number of piperidine rings is 1. The fourth-order valence-corrected chi connectivity index (χ4v) is 5.70. The van der Waals surface area contributed by atoms with Crippen molar-refractivity contribution in [3.8, 4) is 0 Å². The number of hydrogen-bond donors (Lipinski definition) is 1. The van der Waals surface area contributed by atoms with Crippen LogP contribution in [0.2, 0.25) is 0 Å². The second-order valence-electron chi connectivity index (χ2n) is 7.38. The van der Waals surface area contributed by atoms with Crippen LogP contribution in [-0.2, 0) is 10.0 Å². The highest BCUT2D eigenvalue weighted by atomic mass is 32.2. The predicted octanol–water partition coefficient (Wildman–Crippen LogP) is 4.19. The molecule has 1 aromatic carbocycles. The topological polar surface area (TPSA) is 62.3 Å². The summed E-state index contributed by atoms with van der Waals surface area (Å²) < 4.78 is 28.7. The van der Waals surface area contributed by atoms with E-state index in [-0.39, 0.29) is 0 Å². The van der Waals surface area contributed by atoms with Crippen LogP contribution in [0.25, 0.3) is 0 Å². The van der Waals surface area contributed by atoms with Crippen LogP contribution in [0.15, 0.2) is 28.5 Å². The first-order valence-electron chi connectivity index (χ1n) is 8.49. The molecule has 136 valence electrons. The molecule has 1 N–H and O–H groups in total. The average molecular weight is 380 g/mol. The van der Waals surface area contributed by atoms with E-state index in [1.807, 2.05) is 31.2 Å². The second-order valence-corrected chi connectivity index (χ2v) is 10.5. The van der Waals surface area contributed by atoms with E-state index < -0.39 is 10.0 Å². The van der Waals surface area contributed by atoms with Gasteiger partial charge in [-0.2, -0.15) is 0 Å². The van der Waals surface area contributed by atoms with Crippen LogP contribution in [0.3, 0.4) is 0 Å². The highest BCUT2D eigenvalue weighted by Gasteiger charge is 2.28. The highest BCUT2D eigenvalue weighted by molar-refractivity contribution is 7.94. The fourth-order valence-electron chi connectivity index (χ4n) is 3.14. The zero-order chi connectivity index (χ0) is 18.2. The number of benzene rings is 1. The smallest absolute Gasteiger partial charge is 0.273 e. The molecular weight excluding hydrogens is 354 g/mol. The van der Waals surface area contributed by atoms with Gasteiger partial charge in [0, 0.05) is 13.1 Å². The lowest BCUT2D eigenvalue weighted by molar-refractivity contribution is 0.280. The number of nitrogens with zero attached hydrogens (tertiary/aromatic N) is 2. The Hall–Kier alpha value is -1.60. The first kappa shape index (κ1) is 18.2. The maximum absolute atomic E-state index is 12.8. The summed E-state index contributed by atoms with van der Waals surface area (Å²) in [6.45, 7) is 9.99. The van der Waals surface area contributed by atoms with Gasteiger partial charge in [0.25, 0.3) is 10.0 Å². The van der Waals surface area contributed by atoms with E-state index in [0.717, 1.165) is 36.6 Å². The van der Waals surface area contributed by atoms with Crippen LogP contribution in [0.4, 0.5) is 11.4 Å². The van der Waals surface area contributed by atoms with Crippen LogP contribution in [0.5, 0.6) is 0 Å². The molecule has 2 heterocycles. The first-order chi connectivity index (χ1) is 11.7. The van der Waals surface area contributed by atoms with Crippen molar-refractivity contribution in [2.24, 2.45) is 5.41 Å².